The lowest BCUT2D eigenvalue weighted by Crippen LogP contribution is -2.49. The fourth-order valence-electron chi connectivity index (χ4n) is 3.37. The van der Waals surface area contributed by atoms with E-state index in [-0.39, 0.29) is 6.03 Å². The molecule has 6 nitrogen and oxygen atoms in total. The summed E-state index contributed by atoms with van der Waals surface area (Å²) in [5, 5.41) is 2.98. The number of pyridine rings is 1. The lowest BCUT2D eigenvalue weighted by molar-refractivity contribution is 0.143. The Morgan fingerprint density at radius 1 is 1.19 bits per heavy atom. The standard InChI is InChI=1S/C21H28N4O2/c1-4-18-14-19(20(27-3)22-16(18)2)23-21(26)25-12-10-24(11-13-25)15-17-8-6-5-7-9-17/h5-9,14H,4,10-13,15H2,1-3H3,(H,23,26). The Kier molecular flexibility index (Phi) is 6.29. The average molecular weight is 368 g/mol. The summed E-state index contributed by atoms with van der Waals surface area (Å²) in [6.45, 7) is 8.11. The van der Waals surface area contributed by atoms with Gasteiger partial charge in [0.25, 0.3) is 0 Å². The number of nitrogens with zero attached hydrogens (tertiary/aromatic N) is 3. The van der Waals surface area contributed by atoms with Crippen LogP contribution in [-0.2, 0) is 13.0 Å². The SMILES string of the molecule is CCc1cc(NC(=O)N2CCN(Cc3ccccc3)CC2)c(OC)nc1C. The van der Waals surface area contributed by atoms with Gasteiger partial charge in [0.15, 0.2) is 0 Å². The fourth-order valence-corrected chi connectivity index (χ4v) is 3.37. The van der Waals surface area contributed by atoms with Crippen molar-refractivity contribution in [3.05, 3.63) is 53.2 Å². The van der Waals surface area contributed by atoms with Crippen molar-refractivity contribution in [3.63, 3.8) is 0 Å². The van der Waals surface area contributed by atoms with Gasteiger partial charge in [-0.3, -0.25) is 4.90 Å². The van der Waals surface area contributed by atoms with Crippen LogP contribution in [0.15, 0.2) is 36.4 Å². The molecule has 1 N–H and O–H groups in total. The number of ether oxygens (including phenoxy) is 1. The monoisotopic (exact) mass is 368 g/mol. The number of carbonyl (C=O) groups excluding carboxylic acids is 1. The van der Waals surface area contributed by atoms with Crippen LogP contribution in [0, 0.1) is 6.92 Å². The molecule has 0 saturated carbocycles. The van der Waals surface area contributed by atoms with Gasteiger partial charge in [0, 0.05) is 38.4 Å². The molecule has 6 heteroatoms. The molecule has 27 heavy (non-hydrogen) atoms. The Bertz CT molecular complexity index is 771. The number of amides is 2. The van der Waals surface area contributed by atoms with Crippen molar-refractivity contribution in [2.24, 2.45) is 0 Å². The summed E-state index contributed by atoms with van der Waals surface area (Å²) in [5.74, 6) is 0.459. The third-order valence-corrected chi connectivity index (χ3v) is 5.01. The van der Waals surface area contributed by atoms with Gasteiger partial charge in [-0.25, -0.2) is 9.78 Å². The Balaban J connectivity index is 1.58. The number of piperazine rings is 1. The van der Waals surface area contributed by atoms with Crippen molar-refractivity contribution in [2.45, 2.75) is 26.8 Å². The van der Waals surface area contributed by atoms with Gasteiger partial charge in [0.05, 0.1) is 7.11 Å². The molecule has 0 atom stereocenters. The third kappa shape index (κ3) is 4.77. The molecule has 1 aromatic carbocycles. The summed E-state index contributed by atoms with van der Waals surface area (Å²) in [5.41, 5.74) is 3.98. The van der Waals surface area contributed by atoms with Crippen molar-refractivity contribution >= 4 is 11.7 Å². The van der Waals surface area contributed by atoms with Crippen LogP contribution in [0.1, 0.15) is 23.7 Å². The van der Waals surface area contributed by atoms with E-state index in [4.69, 9.17) is 4.74 Å². The summed E-state index contributed by atoms with van der Waals surface area (Å²) in [6, 6.07) is 12.3. The number of carbonyl (C=O) groups is 1. The summed E-state index contributed by atoms with van der Waals surface area (Å²) >= 11 is 0. The first kappa shape index (κ1) is 19.2. The van der Waals surface area contributed by atoms with Gasteiger partial charge in [-0.2, -0.15) is 0 Å². The van der Waals surface area contributed by atoms with E-state index in [0.29, 0.717) is 24.7 Å². The smallest absolute Gasteiger partial charge is 0.322 e. The minimum atomic E-state index is -0.0969. The van der Waals surface area contributed by atoms with E-state index in [9.17, 15) is 4.79 Å². The molecule has 1 aliphatic rings. The van der Waals surface area contributed by atoms with Crippen LogP contribution in [0.25, 0.3) is 0 Å². The first-order valence-electron chi connectivity index (χ1n) is 9.47. The molecule has 0 aliphatic carbocycles. The molecule has 144 valence electrons. The van der Waals surface area contributed by atoms with Gasteiger partial charge >= 0.3 is 6.03 Å². The van der Waals surface area contributed by atoms with Crippen LogP contribution in [0.4, 0.5) is 10.5 Å². The topological polar surface area (TPSA) is 57.7 Å². The Hall–Kier alpha value is -2.60. The normalized spacial score (nSPS) is 14.9. The molecular formula is C21H28N4O2. The first-order chi connectivity index (χ1) is 13.1. The number of nitrogens with one attached hydrogen (secondary N) is 1. The van der Waals surface area contributed by atoms with Gasteiger partial charge in [0.2, 0.25) is 5.88 Å². The molecule has 0 bridgehead atoms. The molecule has 0 spiro atoms. The fraction of sp³-hybridized carbons (Fsp3) is 0.429. The third-order valence-electron chi connectivity index (χ3n) is 5.01. The van der Waals surface area contributed by atoms with Gasteiger partial charge in [-0.05, 0) is 30.5 Å². The number of urea groups is 1. The summed E-state index contributed by atoms with van der Waals surface area (Å²) in [7, 11) is 1.57. The number of benzene rings is 1. The zero-order chi connectivity index (χ0) is 19.2. The predicted molar refractivity (Wildman–Crippen MR) is 107 cm³/mol. The zero-order valence-electron chi connectivity index (χ0n) is 16.4. The molecular weight excluding hydrogens is 340 g/mol. The lowest BCUT2D eigenvalue weighted by Gasteiger charge is -2.34. The van der Waals surface area contributed by atoms with E-state index in [1.807, 2.05) is 24.0 Å². The Morgan fingerprint density at radius 3 is 2.52 bits per heavy atom. The highest BCUT2D eigenvalue weighted by Gasteiger charge is 2.22. The van der Waals surface area contributed by atoms with Crippen LogP contribution in [0.5, 0.6) is 5.88 Å². The number of methoxy groups -OCH3 is 1. The second-order valence-corrected chi connectivity index (χ2v) is 6.82. The van der Waals surface area contributed by atoms with E-state index in [2.05, 4.69) is 46.4 Å². The number of anilines is 1. The largest absolute Gasteiger partial charge is 0.480 e. The highest BCUT2D eigenvalue weighted by molar-refractivity contribution is 5.90. The number of hydrogen-bond donors (Lipinski definition) is 1. The van der Waals surface area contributed by atoms with Crippen LogP contribution in [0.2, 0.25) is 0 Å². The molecule has 0 radical (unpaired) electrons. The molecule has 3 rings (SSSR count). The van der Waals surface area contributed by atoms with E-state index < -0.39 is 0 Å². The minimum Gasteiger partial charge on any atom is -0.480 e. The molecule has 1 saturated heterocycles. The van der Waals surface area contributed by atoms with Crippen molar-refractivity contribution in [2.75, 3.05) is 38.6 Å². The summed E-state index contributed by atoms with van der Waals surface area (Å²) in [4.78, 5) is 21.4. The van der Waals surface area contributed by atoms with Crippen molar-refractivity contribution < 1.29 is 9.53 Å². The van der Waals surface area contributed by atoms with Gasteiger partial charge < -0.3 is 15.0 Å². The second-order valence-electron chi connectivity index (χ2n) is 6.82. The molecule has 0 unspecified atom stereocenters. The van der Waals surface area contributed by atoms with E-state index in [1.165, 1.54) is 5.56 Å². The summed E-state index contributed by atoms with van der Waals surface area (Å²) in [6.07, 6.45) is 0.865. The zero-order valence-corrected chi connectivity index (χ0v) is 16.4. The molecule has 2 amide bonds. The van der Waals surface area contributed by atoms with E-state index in [1.54, 1.807) is 7.11 Å². The maximum Gasteiger partial charge on any atom is 0.322 e. The molecule has 1 aromatic heterocycles. The number of hydrogen-bond acceptors (Lipinski definition) is 4. The van der Waals surface area contributed by atoms with Gasteiger partial charge in [-0.1, -0.05) is 37.3 Å². The van der Waals surface area contributed by atoms with Crippen molar-refractivity contribution in [1.82, 2.24) is 14.8 Å². The molecule has 1 fully saturated rings. The van der Waals surface area contributed by atoms with Gasteiger partial charge in [-0.15, -0.1) is 0 Å². The maximum atomic E-state index is 12.7. The van der Waals surface area contributed by atoms with Crippen LogP contribution in [0.3, 0.4) is 0 Å². The Morgan fingerprint density at radius 2 is 1.89 bits per heavy atom. The van der Waals surface area contributed by atoms with Crippen LogP contribution < -0.4 is 10.1 Å². The summed E-state index contributed by atoms with van der Waals surface area (Å²) < 4.78 is 5.34. The minimum absolute atomic E-state index is 0.0969. The quantitative estimate of drug-likeness (QED) is 0.880. The van der Waals surface area contributed by atoms with Gasteiger partial charge in [0.1, 0.15) is 5.69 Å². The van der Waals surface area contributed by atoms with Crippen LogP contribution >= 0.6 is 0 Å². The van der Waals surface area contributed by atoms with Crippen molar-refractivity contribution in [1.29, 1.82) is 0 Å². The second kappa shape index (κ2) is 8.86. The maximum absolute atomic E-state index is 12.7. The number of aryl methyl sites for hydroxylation is 2. The lowest BCUT2D eigenvalue weighted by atomic mass is 10.1. The number of rotatable bonds is 5. The van der Waals surface area contributed by atoms with E-state index in [0.717, 1.165) is 37.3 Å². The average Bonchev–Trinajstić information content (AvgIpc) is 2.70. The predicted octanol–water partition coefficient (Wildman–Crippen LogP) is 3.31. The Labute approximate surface area is 161 Å². The van der Waals surface area contributed by atoms with E-state index >= 15 is 0 Å². The molecule has 2 heterocycles. The highest BCUT2D eigenvalue weighted by Crippen LogP contribution is 2.25. The highest BCUT2D eigenvalue weighted by atomic mass is 16.5. The van der Waals surface area contributed by atoms with Crippen molar-refractivity contribution in [3.8, 4) is 5.88 Å². The first-order valence-corrected chi connectivity index (χ1v) is 9.47. The molecule has 1 aliphatic heterocycles. The van der Waals surface area contributed by atoms with Crippen LogP contribution in [-0.4, -0.2) is 54.1 Å². The molecule has 2 aromatic rings. The number of aromatic nitrogens is 1.